The van der Waals surface area contributed by atoms with Crippen LogP contribution in [0.1, 0.15) is 23.6 Å². The third-order valence-electron chi connectivity index (χ3n) is 2.43. The maximum Gasteiger partial charge on any atom is 0.119 e. The molecule has 0 saturated carbocycles. The van der Waals surface area contributed by atoms with Crippen LogP contribution in [0.25, 0.3) is 0 Å². The van der Waals surface area contributed by atoms with Gasteiger partial charge in [-0.2, -0.15) is 0 Å². The summed E-state index contributed by atoms with van der Waals surface area (Å²) in [6, 6.07) is 7.54. The van der Waals surface area contributed by atoms with E-state index in [9.17, 15) is 5.11 Å². The Labute approximate surface area is 105 Å². The molecule has 0 radical (unpaired) electrons. The first-order valence-electron chi connectivity index (χ1n) is 5.58. The third-order valence-corrected chi connectivity index (χ3v) is 3.23. The van der Waals surface area contributed by atoms with E-state index in [1.807, 2.05) is 36.6 Å². The fourth-order valence-electron chi connectivity index (χ4n) is 1.59. The Balaban J connectivity index is 2.01. The van der Waals surface area contributed by atoms with Crippen molar-refractivity contribution in [2.45, 2.75) is 19.4 Å². The minimum Gasteiger partial charge on any atom is -0.494 e. The number of thiazole rings is 1. The molecule has 1 atom stereocenters. The number of aliphatic hydroxyl groups is 1. The quantitative estimate of drug-likeness (QED) is 0.886. The topological polar surface area (TPSA) is 42.4 Å². The molecule has 1 N–H and O–H groups in total. The van der Waals surface area contributed by atoms with E-state index in [4.69, 9.17) is 4.74 Å². The lowest BCUT2D eigenvalue weighted by molar-refractivity contribution is 0.178. The summed E-state index contributed by atoms with van der Waals surface area (Å²) in [4.78, 5) is 4.16. The van der Waals surface area contributed by atoms with Crippen LogP contribution in [0.2, 0.25) is 0 Å². The molecule has 0 aliphatic heterocycles. The largest absolute Gasteiger partial charge is 0.494 e. The molecule has 4 heteroatoms. The van der Waals surface area contributed by atoms with Crippen molar-refractivity contribution in [2.24, 2.45) is 0 Å². The van der Waals surface area contributed by atoms with E-state index in [0.717, 1.165) is 16.3 Å². The Morgan fingerprint density at radius 2 is 2.12 bits per heavy atom. The molecule has 2 aromatic rings. The first kappa shape index (κ1) is 12.1. The summed E-state index contributed by atoms with van der Waals surface area (Å²) in [5.41, 5.74) is 0.892. The van der Waals surface area contributed by atoms with Gasteiger partial charge >= 0.3 is 0 Å². The highest BCUT2D eigenvalue weighted by Crippen LogP contribution is 2.21. The van der Waals surface area contributed by atoms with E-state index >= 15 is 0 Å². The Morgan fingerprint density at radius 1 is 1.35 bits per heavy atom. The standard InChI is InChI=1S/C13H15NO2S/c1-2-16-11-5-3-10(4-6-11)12(15)9-13-14-7-8-17-13/h3-8,12,15H,2,9H2,1H3. The van der Waals surface area contributed by atoms with Gasteiger partial charge in [0.25, 0.3) is 0 Å². The monoisotopic (exact) mass is 249 g/mol. The SMILES string of the molecule is CCOc1ccc(C(O)Cc2nccs2)cc1. The van der Waals surface area contributed by atoms with E-state index in [2.05, 4.69) is 4.98 Å². The van der Waals surface area contributed by atoms with Crippen LogP contribution < -0.4 is 4.74 Å². The van der Waals surface area contributed by atoms with Gasteiger partial charge in [-0.25, -0.2) is 4.98 Å². The van der Waals surface area contributed by atoms with Gasteiger partial charge in [0.05, 0.1) is 17.7 Å². The van der Waals surface area contributed by atoms with Crippen LogP contribution in [-0.2, 0) is 6.42 Å². The molecule has 0 bridgehead atoms. The predicted octanol–water partition coefficient (Wildman–Crippen LogP) is 2.82. The molecule has 0 amide bonds. The maximum atomic E-state index is 10.0. The van der Waals surface area contributed by atoms with Gasteiger partial charge in [0.1, 0.15) is 5.75 Å². The molecule has 0 aliphatic carbocycles. The molecule has 0 saturated heterocycles. The second-order valence-corrected chi connectivity index (χ2v) is 4.63. The van der Waals surface area contributed by atoms with Gasteiger partial charge in [-0.3, -0.25) is 0 Å². The minimum atomic E-state index is -0.503. The molecule has 0 spiro atoms. The van der Waals surface area contributed by atoms with Gasteiger partial charge in [0.2, 0.25) is 0 Å². The van der Waals surface area contributed by atoms with Crippen molar-refractivity contribution in [3.05, 3.63) is 46.4 Å². The van der Waals surface area contributed by atoms with Crippen molar-refractivity contribution < 1.29 is 9.84 Å². The second-order valence-electron chi connectivity index (χ2n) is 3.65. The first-order valence-corrected chi connectivity index (χ1v) is 6.46. The molecule has 0 aliphatic rings. The molecule has 2 rings (SSSR count). The maximum absolute atomic E-state index is 10.0. The lowest BCUT2D eigenvalue weighted by Gasteiger charge is -2.10. The number of aliphatic hydroxyl groups excluding tert-OH is 1. The highest BCUT2D eigenvalue weighted by atomic mass is 32.1. The van der Waals surface area contributed by atoms with Crippen molar-refractivity contribution in [3.8, 4) is 5.75 Å². The number of ether oxygens (including phenoxy) is 1. The van der Waals surface area contributed by atoms with Crippen LogP contribution in [0.15, 0.2) is 35.8 Å². The van der Waals surface area contributed by atoms with E-state index in [1.54, 1.807) is 17.5 Å². The van der Waals surface area contributed by atoms with E-state index in [-0.39, 0.29) is 0 Å². The lowest BCUT2D eigenvalue weighted by atomic mass is 10.1. The van der Waals surface area contributed by atoms with Crippen LogP contribution in [0.3, 0.4) is 0 Å². The van der Waals surface area contributed by atoms with E-state index in [0.29, 0.717) is 13.0 Å². The van der Waals surface area contributed by atoms with Crippen LogP contribution >= 0.6 is 11.3 Å². The summed E-state index contributed by atoms with van der Waals surface area (Å²) in [6.45, 7) is 2.60. The summed E-state index contributed by atoms with van der Waals surface area (Å²) in [5, 5.41) is 12.9. The average molecular weight is 249 g/mol. The summed E-state index contributed by atoms with van der Waals surface area (Å²) in [6.07, 6.45) is 1.81. The van der Waals surface area contributed by atoms with Crippen LogP contribution in [0, 0.1) is 0 Å². The minimum absolute atomic E-state index is 0.503. The Hall–Kier alpha value is -1.39. The molecule has 1 aromatic carbocycles. The number of benzene rings is 1. The fraction of sp³-hybridized carbons (Fsp3) is 0.308. The summed E-state index contributed by atoms with van der Waals surface area (Å²) < 4.78 is 5.35. The number of rotatable bonds is 5. The zero-order chi connectivity index (χ0) is 12.1. The van der Waals surface area contributed by atoms with Crippen LogP contribution in [0.4, 0.5) is 0 Å². The number of aromatic nitrogens is 1. The number of nitrogens with zero attached hydrogens (tertiary/aromatic N) is 1. The fourth-order valence-corrected chi connectivity index (χ4v) is 2.24. The Kier molecular flexibility index (Phi) is 4.12. The molecule has 1 unspecified atom stereocenters. The summed E-state index contributed by atoms with van der Waals surface area (Å²) >= 11 is 1.56. The summed E-state index contributed by atoms with van der Waals surface area (Å²) in [5.74, 6) is 0.831. The molecule has 90 valence electrons. The molecule has 17 heavy (non-hydrogen) atoms. The van der Waals surface area contributed by atoms with Crippen molar-refractivity contribution in [1.82, 2.24) is 4.98 Å². The Morgan fingerprint density at radius 3 is 2.71 bits per heavy atom. The number of hydrogen-bond acceptors (Lipinski definition) is 4. The number of hydrogen-bond donors (Lipinski definition) is 1. The molecule has 1 heterocycles. The van der Waals surface area contributed by atoms with Gasteiger partial charge in [-0.1, -0.05) is 12.1 Å². The van der Waals surface area contributed by atoms with E-state index in [1.165, 1.54) is 0 Å². The van der Waals surface area contributed by atoms with Crippen molar-refractivity contribution in [1.29, 1.82) is 0 Å². The normalized spacial score (nSPS) is 12.4. The molecule has 1 aromatic heterocycles. The zero-order valence-electron chi connectivity index (χ0n) is 9.67. The van der Waals surface area contributed by atoms with Crippen molar-refractivity contribution in [3.63, 3.8) is 0 Å². The van der Waals surface area contributed by atoms with Crippen molar-refractivity contribution >= 4 is 11.3 Å². The highest BCUT2D eigenvalue weighted by Gasteiger charge is 2.10. The molecular formula is C13H15NO2S. The van der Waals surface area contributed by atoms with Gasteiger partial charge < -0.3 is 9.84 Å². The van der Waals surface area contributed by atoms with Gasteiger partial charge in [0.15, 0.2) is 0 Å². The van der Waals surface area contributed by atoms with Gasteiger partial charge in [-0.05, 0) is 24.6 Å². The third kappa shape index (κ3) is 3.28. The Bertz CT molecular complexity index is 439. The molecular weight excluding hydrogens is 234 g/mol. The highest BCUT2D eigenvalue weighted by molar-refractivity contribution is 7.09. The summed E-state index contributed by atoms with van der Waals surface area (Å²) in [7, 11) is 0. The van der Waals surface area contributed by atoms with Crippen molar-refractivity contribution in [2.75, 3.05) is 6.61 Å². The van der Waals surface area contributed by atoms with Gasteiger partial charge in [0, 0.05) is 18.0 Å². The predicted molar refractivity (Wildman–Crippen MR) is 68.4 cm³/mol. The zero-order valence-corrected chi connectivity index (χ0v) is 10.5. The van der Waals surface area contributed by atoms with Crippen LogP contribution in [-0.4, -0.2) is 16.7 Å². The van der Waals surface area contributed by atoms with Gasteiger partial charge in [-0.15, -0.1) is 11.3 Å². The molecule has 3 nitrogen and oxygen atoms in total. The molecule has 0 fully saturated rings. The van der Waals surface area contributed by atoms with Crippen LogP contribution in [0.5, 0.6) is 5.75 Å². The second kappa shape index (κ2) is 5.80. The van der Waals surface area contributed by atoms with E-state index < -0.39 is 6.10 Å². The average Bonchev–Trinajstić information content (AvgIpc) is 2.83. The smallest absolute Gasteiger partial charge is 0.119 e. The lowest BCUT2D eigenvalue weighted by Crippen LogP contribution is -2.01. The first-order chi connectivity index (χ1) is 8.29.